The lowest BCUT2D eigenvalue weighted by atomic mass is 9.94. The Kier molecular flexibility index (Phi) is 8.10. The van der Waals surface area contributed by atoms with Crippen molar-refractivity contribution in [2.45, 2.75) is 44.9 Å². The number of nitrogens with zero attached hydrogens (tertiary/aromatic N) is 1. The third-order valence-corrected chi connectivity index (χ3v) is 6.14. The predicted octanol–water partition coefficient (Wildman–Crippen LogP) is 4.14. The average molecular weight is 443 g/mol. The number of unbranched alkanes of at least 4 members (excludes halogenated alkanes) is 1. The fourth-order valence-electron chi connectivity index (χ4n) is 4.56. The monoisotopic (exact) mass is 442 g/mol. The van der Waals surface area contributed by atoms with Gasteiger partial charge >= 0.3 is 0 Å². The summed E-state index contributed by atoms with van der Waals surface area (Å²) >= 11 is 0. The van der Waals surface area contributed by atoms with Crippen molar-refractivity contribution in [3.63, 3.8) is 0 Å². The van der Waals surface area contributed by atoms with Crippen molar-refractivity contribution in [2.75, 3.05) is 31.6 Å². The highest BCUT2D eigenvalue weighted by atomic mass is 35.5. The summed E-state index contributed by atoms with van der Waals surface area (Å²) in [6, 6.07) is 12.1. The molecule has 2 aliphatic heterocycles. The quantitative estimate of drug-likeness (QED) is 0.444. The number of halogens is 1. The smallest absolute Gasteiger partial charge is 0.227 e. The van der Waals surface area contributed by atoms with Crippen LogP contribution in [-0.2, 0) is 24.1 Å². The van der Waals surface area contributed by atoms with E-state index in [0.29, 0.717) is 12.8 Å². The van der Waals surface area contributed by atoms with Gasteiger partial charge in [0.2, 0.25) is 5.91 Å². The maximum Gasteiger partial charge on any atom is 0.227 e. The molecule has 1 N–H and O–H groups in total. The molecule has 0 atom stereocenters. The second kappa shape index (κ2) is 10.8. The summed E-state index contributed by atoms with van der Waals surface area (Å²) in [6.07, 6.45) is 5.56. The molecule has 0 saturated carbocycles. The van der Waals surface area contributed by atoms with Crippen LogP contribution < -0.4 is 15.0 Å². The summed E-state index contributed by atoms with van der Waals surface area (Å²) in [4.78, 5) is 26.7. The number of para-hydroxylation sites is 1. The summed E-state index contributed by atoms with van der Waals surface area (Å²) in [6.45, 7) is 2.58. The van der Waals surface area contributed by atoms with Gasteiger partial charge in [0.25, 0.3) is 0 Å². The lowest BCUT2D eigenvalue weighted by molar-refractivity contribution is -0.118. The molecule has 2 aromatic rings. The first-order valence-corrected chi connectivity index (χ1v) is 11.0. The Morgan fingerprint density at radius 2 is 1.84 bits per heavy atom. The molecule has 2 heterocycles. The number of rotatable bonds is 10. The Labute approximate surface area is 190 Å². The fourth-order valence-corrected chi connectivity index (χ4v) is 4.56. The van der Waals surface area contributed by atoms with Gasteiger partial charge in [0.05, 0.1) is 12.8 Å². The highest BCUT2D eigenvalue weighted by Gasteiger charge is 2.31. The Hall–Kier alpha value is -2.37. The van der Waals surface area contributed by atoms with Gasteiger partial charge in [-0.25, -0.2) is 0 Å². The Bertz CT molecular complexity index is 944. The molecule has 0 unspecified atom stereocenters. The van der Waals surface area contributed by atoms with Crippen LogP contribution in [0, 0.1) is 0 Å². The van der Waals surface area contributed by atoms with E-state index >= 15 is 0 Å². The molecular formula is C25H31ClN2O3. The highest BCUT2D eigenvalue weighted by Crippen LogP contribution is 2.37. The van der Waals surface area contributed by atoms with Crippen LogP contribution in [0.3, 0.4) is 0 Å². The van der Waals surface area contributed by atoms with Gasteiger partial charge in [-0.1, -0.05) is 18.2 Å². The van der Waals surface area contributed by atoms with E-state index in [1.54, 1.807) is 7.11 Å². The molecule has 0 bridgehead atoms. The van der Waals surface area contributed by atoms with Crippen molar-refractivity contribution < 1.29 is 14.3 Å². The largest absolute Gasteiger partial charge is 0.496 e. The predicted molar refractivity (Wildman–Crippen MR) is 126 cm³/mol. The summed E-state index contributed by atoms with van der Waals surface area (Å²) in [7, 11) is 1.70. The normalized spacial score (nSPS) is 14.2. The number of aryl methyl sites for hydroxylation is 1. The van der Waals surface area contributed by atoms with E-state index < -0.39 is 0 Å². The SMILES string of the molecule is COc1ccccc1CCNCCCCC(=O)c1cc2c3c(c1)CCN3C(=O)CC2.Cl. The van der Waals surface area contributed by atoms with Crippen molar-refractivity contribution in [1.29, 1.82) is 0 Å². The summed E-state index contributed by atoms with van der Waals surface area (Å²) in [5.74, 6) is 1.38. The molecule has 0 saturated heterocycles. The Balaban J connectivity index is 0.00000272. The van der Waals surface area contributed by atoms with Gasteiger partial charge in [-0.15, -0.1) is 12.4 Å². The van der Waals surface area contributed by atoms with Gasteiger partial charge in [0, 0.05) is 24.9 Å². The number of hydrogen-bond acceptors (Lipinski definition) is 4. The van der Waals surface area contributed by atoms with E-state index in [2.05, 4.69) is 11.4 Å². The minimum Gasteiger partial charge on any atom is -0.496 e. The first kappa shape index (κ1) is 23.3. The Morgan fingerprint density at radius 3 is 2.65 bits per heavy atom. The van der Waals surface area contributed by atoms with Crippen LogP contribution in [0.25, 0.3) is 0 Å². The molecule has 0 aromatic heterocycles. The van der Waals surface area contributed by atoms with E-state index in [0.717, 1.165) is 68.7 Å². The summed E-state index contributed by atoms with van der Waals surface area (Å²) in [5, 5.41) is 3.46. The molecule has 1 amide bonds. The fraction of sp³-hybridized carbons (Fsp3) is 0.440. The molecule has 6 heteroatoms. The van der Waals surface area contributed by atoms with Crippen molar-refractivity contribution in [3.05, 3.63) is 58.7 Å². The third-order valence-electron chi connectivity index (χ3n) is 6.14. The van der Waals surface area contributed by atoms with Gasteiger partial charge in [0.15, 0.2) is 5.78 Å². The summed E-state index contributed by atoms with van der Waals surface area (Å²) < 4.78 is 5.38. The third kappa shape index (κ3) is 5.28. The van der Waals surface area contributed by atoms with Crippen molar-refractivity contribution >= 4 is 29.8 Å². The number of benzene rings is 2. The maximum atomic E-state index is 12.7. The van der Waals surface area contributed by atoms with Crippen molar-refractivity contribution in [1.82, 2.24) is 5.32 Å². The molecule has 31 heavy (non-hydrogen) atoms. The van der Waals surface area contributed by atoms with Gasteiger partial charge in [-0.05, 0) is 80.1 Å². The summed E-state index contributed by atoms with van der Waals surface area (Å²) in [5.41, 5.74) is 5.46. The molecule has 0 spiro atoms. The number of hydrogen-bond donors (Lipinski definition) is 1. The van der Waals surface area contributed by atoms with Crippen LogP contribution in [0.2, 0.25) is 0 Å². The number of Topliss-reactive ketones (excluding diaryl/α,β-unsaturated/α-hetero) is 1. The van der Waals surface area contributed by atoms with Crippen LogP contribution >= 0.6 is 12.4 Å². The van der Waals surface area contributed by atoms with Crippen LogP contribution in [-0.4, -0.2) is 38.4 Å². The van der Waals surface area contributed by atoms with Gasteiger partial charge in [0.1, 0.15) is 5.75 Å². The standard InChI is InChI=1S/C25H30N2O3.ClH/c1-30-23-8-3-2-6-18(23)11-14-26-13-5-4-7-22(28)21-16-19-9-10-24(29)27-15-12-20(17-21)25(19)27;/h2-3,6,8,16-17,26H,4-5,7,9-15H2,1H3;1H. The minimum atomic E-state index is 0. The molecule has 166 valence electrons. The van der Waals surface area contributed by atoms with E-state index in [4.69, 9.17) is 4.74 Å². The van der Waals surface area contributed by atoms with Crippen LogP contribution in [0.1, 0.15) is 52.7 Å². The number of ketones is 1. The van der Waals surface area contributed by atoms with Gasteiger partial charge in [-0.3, -0.25) is 9.59 Å². The van der Waals surface area contributed by atoms with E-state index in [1.807, 2.05) is 35.2 Å². The molecule has 4 rings (SSSR count). The number of amides is 1. The number of carbonyl (C=O) groups is 2. The second-order valence-electron chi connectivity index (χ2n) is 8.13. The van der Waals surface area contributed by atoms with Crippen LogP contribution in [0.15, 0.2) is 36.4 Å². The molecule has 2 aliphatic rings. The number of methoxy groups -OCH3 is 1. The number of anilines is 1. The van der Waals surface area contributed by atoms with Gasteiger partial charge in [-0.2, -0.15) is 0 Å². The topological polar surface area (TPSA) is 58.6 Å². The van der Waals surface area contributed by atoms with E-state index in [1.165, 1.54) is 16.7 Å². The molecule has 0 aliphatic carbocycles. The zero-order valence-electron chi connectivity index (χ0n) is 18.1. The number of ether oxygens (including phenoxy) is 1. The first-order chi connectivity index (χ1) is 14.7. The molecule has 0 fully saturated rings. The van der Waals surface area contributed by atoms with Crippen LogP contribution in [0.5, 0.6) is 5.75 Å². The second-order valence-corrected chi connectivity index (χ2v) is 8.13. The van der Waals surface area contributed by atoms with Crippen molar-refractivity contribution in [2.24, 2.45) is 0 Å². The van der Waals surface area contributed by atoms with Gasteiger partial charge < -0.3 is 15.0 Å². The highest BCUT2D eigenvalue weighted by molar-refractivity contribution is 6.02. The lowest BCUT2D eigenvalue weighted by Crippen LogP contribution is -2.32. The molecule has 2 aromatic carbocycles. The number of nitrogens with one attached hydrogen (secondary N) is 1. The average Bonchev–Trinajstić information content (AvgIpc) is 3.21. The van der Waals surface area contributed by atoms with E-state index in [-0.39, 0.29) is 24.1 Å². The van der Waals surface area contributed by atoms with Crippen molar-refractivity contribution in [3.8, 4) is 5.75 Å². The zero-order chi connectivity index (χ0) is 20.9. The molecule has 0 radical (unpaired) electrons. The first-order valence-electron chi connectivity index (χ1n) is 11.0. The zero-order valence-corrected chi connectivity index (χ0v) is 18.9. The molecule has 5 nitrogen and oxygen atoms in total. The number of carbonyl (C=O) groups excluding carboxylic acids is 2. The minimum absolute atomic E-state index is 0. The van der Waals surface area contributed by atoms with Crippen LogP contribution in [0.4, 0.5) is 5.69 Å². The Morgan fingerprint density at radius 1 is 1.06 bits per heavy atom. The van der Waals surface area contributed by atoms with E-state index in [9.17, 15) is 9.59 Å². The lowest BCUT2D eigenvalue weighted by Gasteiger charge is -2.25. The maximum absolute atomic E-state index is 12.7. The molecular weight excluding hydrogens is 412 g/mol.